The van der Waals surface area contributed by atoms with Gasteiger partial charge in [0.15, 0.2) is 5.78 Å². The molecular weight excluding hydrogens is 439 g/mol. The Bertz CT molecular complexity index is 1580. The SMILES string of the molecule is Cn1c(=O)cc2c3c(c(Nc4ccc(S(=O)(=O)[O-])cc4)ccc31)C(=O)c1ccccc1-2.[Na+]. The van der Waals surface area contributed by atoms with Crippen LogP contribution >= 0.6 is 0 Å². The van der Waals surface area contributed by atoms with Crippen molar-refractivity contribution in [2.24, 2.45) is 7.05 Å². The first-order valence-corrected chi connectivity index (χ1v) is 10.8. The first-order chi connectivity index (χ1) is 14.8. The molecule has 3 aromatic carbocycles. The molecule has 0 fully saturated rings. The minimum Gasteiger partial charge on any atom is -0.744 e. The molecule has 0 unspecified atom stereocenters. The van der Waals surface area contributed by atoms with Crippen LogP contribution in [0.15, 0.2) is 76.4 Å². The van der Waals surface area contributed by atoms with Crippen molar-refractivity contribution in [2.45, 2.75) is 4.90 Å². The number of rotatable bonds is 3. The first kappa shape index (κ1) is 22.4. The van der Waals surface area contributed by atoms with E-state index in [1.54, 1.807) is 31.3 Å². The minimum absolute atomic E-state index is 0. The van der Waals surface area contributed by atoms with Gasteiger partial charge in [0.25, 0.3) is 5.56 Å². The zero-order chi connectivity index (χ0) is 21.9. The number of fused-ring (bicyclic) bond motifs is 2. The maximum absolute atomic E-state index is 13.4. The van der Waals surface area contributed by atoms with E-state index in [-0.39, 0.29) is 45.8 Å². The predicted octanol–water partition coefficient (Wildman–Crippen LogP) is 0.402. The maximum atomic E-state index is 13.4. The molecule has 0 aliphatic heterocycles. The van der Waals surface area contributed by atoms with E-state index in [0.717, 1.165) is 0 Å². The topological polar surface area (TPSA) is 108 Å². The summed E-state index contributed by atoms with van der Waals surface area (Å²) in [7, 11) is -2.89. The Morgan fingerprint density at radius 2 is 1.53 bits per heavy atom. The molecule has 154 valence electrons. The molecule has 0 saturated heterocycles. The molecular formula is C23H15N2NaO5S. The van der Waals surface area contributed by atoms with Gasteiger partial charge in [0.2, 0.25) is 0 Å². The molecule has 5 rings (SSSR count). The molecule has 32 heavy (non-hydrogen) atoms. The summed E-state index contributed by atoms with van der Waals surface area (Å²) in [6, 6.07) is 17.5. The van der Waals surface area contributed by atoms with Crippen LogP contribution in [0.3, 0.4) is 0 Å². The second-order valence-electron chi connectivity index (χ2n) is 7.32. The Morgan fingerprint density at radius 3 is 2.19 bits per heavy atom. The van der Waals surface area contributed by atoms with Crippen LogP contribution in [0.5, 0.6) is 0 Å². The molecule has 0 radical (unpaired) electrons. The van der Waals surface area contributed by atoms with Gasteiger partial charge in [-0.3, -0.25) is 9.59 Å². The Hall–Kier alpha value is -2.75. The number of hydrogen-bond acceptors (Lipinski definition) is 6. The summed E-state index contributed by atoms with van der Waals surface area (Å²) in [4.78, 5) is 25.6. The standard InChI is InChI=1S/C23H16N2O5S.Na/c1-25-19-11-10-18(24-13-6-8-14(9-7-13)31(28,29)30)22-21(19)17(12-20(25)26)15-4-2-3-5-16(15)23(22)27;/h2-12,24H,1H3,(H,28,29,30);/q;+1/p-1. The summed E-state index contributed by atoms with van der Waals surface area (Å²) in [5, 5.41) is 3.82. The predicted molar refractivity (Wildman–Crippen MR) is 116 cm³/mol. The summed E-state index contributed by atoms with van der Waals surface area (Å²) >= 11 is 0. The van der Waals surface area contributed by atoms with Gasteiger partial charge in [0.05, 0.1) is 21.7 Å². The average molecular weight is 454 g/mol. The number of hydrogen-bond donors (Lipinski definition) is 1. The van der Waals surface area contributed by atoms with E-state index in [0.29, 0.717) is 44.5 Å². The molecule has 1 aromatic heterocycles. The third-order valence-electron chi connectivity index (χ3n) is 5.52. The van der Waals surface area contributed by atoms with Gasteiger partial charge in [-0.15, -0.1) is 0 Å². The number of nitrogens with zero attached hydrogens (tertiary/aromatic N) is 1. The Labute approximate surface area is 205 Å². The van der Waals surface area contributed by atoms with Crippen LogP contribution in [0.25, 0.3) is 22.0 Å². The van der Waals surface area contributed by atoms with E-state index in [9.17, 15) is 22.6 Å². The molecule has 1 N–H and O–H groups in total. The van der Waals surface area contributed by atoms with E-state index in [1.165, 1.54) is 34.9 Å². The third kappa shape index (κ3) is 3.50. The van der Waals surface area contributed by atoms with Crippen LogP contribution in [0, 0.1) is 0 Å². The van der Waals surface area contributed by atoms with Crippen LogP contribution in [0.2, 0.25) is 0 Å². The number of benzene rings is 3. The van der Waals surface area contributed by atoms with Crippen LogP contribution in [-0.4, -0.2) is 23.3 Å². The second-order valence-corrected chi connectivity index (χ2v) is 8.70. The Kier molecular flexibility index (Phi) is 5.60. The number of carbonyl (C=O) groups is 1. The summed E-state index contributed by atoms with van der Waals surface area (Å²) < 4.78 is 35.0. The molecule has 9 heteroatoms. The normalized spacial score (nSPS) is 12.2. The smallest absolute Gasteiger partial charge is 0.744 e. The Balaban J connectivity index is 0.00000245. The monoisotopic (exact) mass is 454 g/mol. The fraction of sp³-hybridized carbons (Fsp3) is 0.0435. The minimum atomic E-state index is -4.55. The number of ketones is 1. The summed E-state index contributed by atoms with van der Waals surface area (Å²) in [6.07, 6.45) is 0. The number of aromatic nitrogens is 1. The van der Waals surface area contributed by atoms with Crippen molar-refractivity contribution in [3.8, 4) is 11.1 Å². The maximum Gasteiger partial charge on any atom is 1.00 e. The molecule has 0 bridgehead atoms. The van der Waals surface area contributed by atoms with Crippen molar-refractivity contribution in [2.75, 3.05) is 5.32 Å². The van der Waals surface area contributed by atoms with Crippen molar-refractivity contribution >= 4 is 38.2 Å². The third-order valence-corrected chi connectivity index (χ3v) is 6.37. The van der Waals surface area contributed by atoms with Crippen molar-refractivity contribution in [1.82, 2.24) is 4.57 Å². The molecule has 1 aliphatic rings. The van der Waals surface area contributed by atoms with Crippen molar-refractivity contribution in [3.05, 3.63) is 88.2 Å². The van der Waals surface area contributed by atoms with Gasteiger partial charge in [-0.1, -0.05) is 24.3 Å². The molecule has 0 saturated carbocycles. The quantitative estimate of drug-likeness (QED) is 0.312. The summed E-state index contributed by atoms with van der Waals surface area (Å²) in [6.45, 7) is 0. The number of carbonyl (C=O) groups excluding carboxylic acids is 1. The second kappa shape index (κ2) is 7.99. The number of nitrogens with one attached hydrogen (secondary N) is 1. The van der Waals surface area contributed by atoms with Crippen LogP contribution in [0.4, 0.5) is 11.4 Å². The molecule has 4 aromatic rings. The van der Waals surface area contributed by atoms with E-state index in [1.807, 2.05) is 12.1 Å². The van der Waals surface area contributed by atoms with E-state index >= 15 is 0 Å². The van der Waals surface area contributed by atoms with Gasteiger partial charge >= 0.3 is 29.6 Å². The van der Waals surface area contributed by atoms with Gasteiger partial charge < -0.3 is 14.4 Å². The van der Waals surface area contributed by atoms with Crippen molar-refractivity contribution in [3.63, 3.8) is 0 Å². The van der Waals surface area contributed by atoms with Crippen LogP contribution < -0.4 is 40.4 Å². The number of aryl methyl sites for hydroxylation is 1. The van der Waals surface area contributed by atoms with Crippen molar-refractivity contribution < 1.29 is 47.3 Å². The largest absolute Gasteiger partial charge is 1.00 e. The Morgan fingerprint density at radius 1 is 0.875 bits per heavy atom. The number of anilines is 2. The molecule has 7 nitrogen and oxygen atoms in total. The molecule has 1 aliphatic carbocycles. The number of pyridine rings is 1. The molecule has 0 spiro atoms. The first-order valence-electron chi connectivity index (χ1n) is 9.39. The molecule has 0 atom stereocenters. The van der Waals surface area contributed by atoms with Gasteiger partial charge in [-0.25, -0.2) is 8.42 Å². The van der Waals surface area contributed by atoms with Gasteiger partial charge in [0.1, 0.15) is 10.1 Å². The fourth-order valence-corrected chi connectivity index (χ4v) is 4.49. The zero-order valence-corrected chi connectivity index (χ0v) is 20.1. The fourth-order valence-electron chi connectivity index (χ4n) is 4.02. The van der Waals surface area contributed by atoms with Crippen molar-refractivity contribution in [1.29, 1.82) is 0 Å². The van der Waals surface area contributed by atoms with Crippen LogP contribution in [0.1, 0.15) is 15.9 Å². The van der Waals surface area contributed by atoms with Crippen LogP contribution in [-0.2, 0) is 17.2 Å². The van der Waals surface area contributed by atoms with E-state index in [2.05, 4.69) is 5.32 Å². The summed E-state index contributed by atoms with van der Waals surface area (Å²) in [5.74, 6) is -0.173. The molecule has 1 heterocycles. The van der Waals surface area contributed by atoms with Gasteiger partial charge in [0, 0.05) is 29.8 Å². The van der Waals surface area contributed by atoms with Gasteiger partial charge in [-0.2, -0.15) is 0 Å². The summed E-state index contributed by atoms with van der Waals surface area (Å²) in [5.41, 5.74) is 3.84. The molecule has 0 amide bonds. The average Bonchev–Trinajstić information content (AvgIpc) is 2.75. The van der Waals surface area contributed by atoms with E-state index < -0.39 is 10.1 Å². The van der Waals surface area contributed by atoms with Gasteiger partial charge in [-0.05, 0) is 47.5 Å². The van der Waals surface area contributed by atoms with E-state index in [4.69, 9.17) is 0 Å². The zero-order valence-electron chi connectivity index (χ0n) is 17.2.